The van der Waals surface area contributed by atoms with Crippen molar-refractivity contribution in [3.63, 3.8) is 0 Å². The lowest BCUT2D eigenvalue weighted by Gasteiger charge is -2.30. The first-order chi connectivity index (χ1) is 15.6. The van der Waals surface area contributed by atoms with Crippen LogP contribution in [0.1, 0.15) is 43.4 Å². The Labute approximate surface area is 187 Å². The molecule has 0 unspecified atom stereocenters. The molecule has 1 fully saturated rings. The average Bonchev–Trinajstić information content (AvgIpc) is 3.04. The van der Waals surface area contributed by atoms with Gasteiger partial charge in [-0.1, -0.05) is 12.1 Å². The maximum atomic E-state index is 13.3. The Hall–Kier alpha value is -2.97. The number of rotatable bonds is 6. The predicted octanol–water partition coefficient (Wildman–Crippen LogP) is 5.00. The van der Waals surface area contributed by atoms with Crippen LogP contribution in [0.4, 0.5) is 17.6 Å². The standard InChI is InChI=1S/C22H20F4N4O2S/c1-13(22(24,25)26)29-33(31,32)16-6-8-19(28-12-16)21-18(11-27)17-7-5-14(10-23)9-20(17)30(21)15-3-2-4-15/h5-9,12-13,15,29H,2-4,10H2,1H3/t13-/m1/s1. The summed E-state index contributed by atoms with van der Waals surface area (Å²) in [7, 11) is -4.46. The maximum Gasteiger partial charge on any atom is 0.404 e. The first kappa shape index (κ1) is 23.2. The molecular formula is C22H20F4N4O2S. The highest BCUT2D eigenvalue weighted by Gasteiger charge is 2.39. The number of benzene rings is 1. The Morgan fingerprint density at radius 2 is 2.00 bits per heavy atom. The van der Waals surface area contributed by atoms with Gasteiger partial charge < -0.3 is 4.57 Å². The molecule has 6 nitrogen and oxygen atoms in total. The number of nitrogens with one attached hydrogen (secondary N) is 1. The molecule has 2 heterocycles. The van der Waals surface area contributed by atoms with Crippen LogP contribution in [0, 0.1) is 11.3 Å². The highest BCUT2D eigenvalue weighted by Crippen LogP contribution is 2.42. The third-order valence-corrected chi connectivity index (χ3v) is 7.41. The summed E-state index contributed by atoms with van der Waals surface area (Å²) >= 11 is 0. The molecule has 0 aliphatic heterocycles. The lowest BCUT2D eigenvalue weighted by atomic mass is 9.92. The van der Waals surface area contributed by atoms with Crippen LogP contribution in [0.2, 0.25) is 0 Å². The summed E-state index contributed by atoms with van der Waals surface area (Å²) in [5.74, 6) is 0. The minimum Gasteiger partial charge on any atom is -0.335 e. The number of aromatic nitrogens is 2. The van der Waals surface area contributed by atoms with E-state index in [9.17, 15) is 31.2 Å². The van der Waals surface area contributed by atoms with Gasteiger partial charge in [0, 0.05) is 17.6 Å². The topological polar surface area (TPSA) is 87.8 Å². The molecule has 0 bridgehead atoms. The van der Waals surface area contributed by atoms with Gasteiger partial charge in [-0.25, -0.2) is 12.8 Å². The fourth-order valence-electron chi connectivity index (χ4n) is 3.88. The molecule has 1 atom stereocenters. The van der Waals surface area contributed by atoms with E-state index in [-0.39, 0.29) is 6.04 Å². The summed E-state index contributed by atoms with van der Waals surface area (Å²) in [5, 5.41) is 10.5. The van der Waals surface area contributed by atoms with E-state index in [2.05, 4.69) is 11.1 Å². The zero-order chi connectivity index (χ0) is 24.0. The van der Waals surface area contributed by atoms with Crippen molar-refractivity contribution in [3.8, 4) is 17.5 Å². The minimum absolute atomic E-state index is 0.0824. The number of sulfonamides is 1. The van der Waals surface area contributed by atoms with Crippen molar-refractivity contribution in [1.29, 1.82) is 5.26 Å². The van der Waals surface area contributed by atoms with Crippen LogP contribution in [0.25, 0.3) is 22.3 Å². The number of halogens is 4. The SMILES string of the molecule is C[C@@H](NS(=O)(=O)c1ccc(-c2c(C#N)c3ccc(CF)cc3n2C2CCC2)nc1)C(F)(F)F. The van der Waals surface area contributed by atoms with Gasteiger partial charge in [-0.15, -0.1) is 0 Å². The van der Waals surface area contributed by atoms with E-state index in [1.807, 2.05) is 4.57 Å². The molecule has 1 aromatic carbocycles. The van der Waals surface area contributed by atoms with E-state index in [1.54, 1.807) is 22.9 Å². The Balaban J connectivity index is 1.80. The van der Waals surface area contributed by atoms with Crippen LogP contribution in [-0.4, -0.2) is 30.2 Å². The second-order valence-electron chi connectivity index (χ2n) is 8.04. The third-order valence-electron chi connectivity index (χ3n) is 5.89. The molecule has 0 amide bonds. The van der Waals surface area contributed by atoms with Crippen molar-refractivity contribution >= 4 is 20.9 Å². The second kappa shape index (κ2) is 8.43. The number of nitrogens with zero attached hydrogens (tertiary/aromatic N) is 3. The van der Waals surface area contributed by atoms with Gasteiger partial charge in [0.15, 0.2) is 0 Å². The summed E-state index contributed by atoms with van der Waals surface area (Å²) < 4.78 is 79.9. The van der Waals surface area contributed by atoms with E-state index < -0.39 is 33.8 Å². The Bertz CT molecular complexity index is 1340. The zero-order valence-electron chi connectivity index (χ0n) is 17.5. The summed E-state index contributed by atoms with van der Waals surface area (Å²) in [6, 6.07) is 7.50. The molecule has 0 saturated heterocycles. The molecule has 33 heavy (non-hydrogen) atoms. The van der Waals surface area contributed by atoms with Crippen LogP contribution in [0.15, 0.2) is 41.4 Å². The van der Waals surface area contributed by atoms with Gasteiger partial charge in [-0.05, 0) is 49.9 Å². The van der Waals surface area contributed by atoms with Crippen LogP contribution in [0.3, 0.4) is 0 Å². The monoisotopic (exact) mass is 480 g/mol. The average molecular weight is 480 g/mol. The third kappa shape index (κ3) is 4.20. The van der Waals surface area contributed by atoms with E-state index in [4.69, 9.17) is 0 Å². The summed E-state index contributed by atoms with van der Waals surface area (Å²) in [4.78, 5) is 3.76. The Morgan fingerprint density at radius 3 is 2.52 bits per heavy atom. The van der Waals surface area contributed by atoms with Gasteiger partial charge in [0.2, 0.25) is 10.0 Å². The van der Waals surface area contributed by atoms with Gasteiger partial charge in [-0.3, -0.25) is 4.98 Å². The lowest BCUT2D eigenvalue weighted by Crippen LogP contribution is -2.42. The van der Waals surface area contributed by atoms with Gasteiger partial charge in [0.25, 0.3) is 0 Å². The van der Waals surface area contributed by atoms with E-state index in [0.717, 1.165) is 31.5 Å². The Kier molecular flexibility index (Phi) is 5.92. The van der Waals surface area contributed by atoms with Crippen LogP contribution in [-0.2, 0) is 16.7 Å². The second-order valence-corrected chi connectivity index (χ2v) is 9.75. The van der Waals surface area contributed by atoms with Crippen LogP contribution >= 0.6 is 0 Å². The summed E-state index contributed by atoms with van der Waals surface area (Å²) in [6.07, 6.45) is -1.02. The van der Waals surface area contributed by atoms with Crippen molar-refractivity contribution in [2.45, 2.75) is 56.0 Å². The highest BCUT2D eigenvalue weighted by atomic mass is 32.2. The van der Waals surface area contributed by atoms with Crippen molar-refractivity contribution in [2.24, 2.45) is 0 Å². The molecule has 1 aliphatic rings. The van der Waals surface area contributed by atoms with Crippen molar-refractivity contribution in [3.05, 3.63) is 47.7 Å². The number of nitriles is 1. The molecule has 174 valence electrons. The molecule has 4 rings (SSSR count). The van der Waals surface area contributed by atoms with E-state index >= 15 is 0 Å². The van der Waals surface area contributed by atoms with Gasteiger partial charge in [0.1, 0.15) is 23.7 Å². The van der Waals surface area contributed by atoms with Crippen molar-refractivity contribution in [2.75, 3.05) is 0 Å². The fourth-order valence-corrected chi connectivity index (χ4v) is 5.05. The fraction of sp³-hybridized carbons (Fsp3) is 0.364. The van der Waals surface area contributed by atoms with Gasteiger partial charge in [0.05, 0.1) is 22.5 Å². The van der Waals surface area contributed by atoms with E-state index in [1.165, 1.54) is 6.07 Å². The van der Waals surface area contributed by atoms with E-state index in [0.29, 0.717) is 40.3 Å². The smallest absolute Gasteiger partial charge is 0.335 e. The molecule has 1 saturated carbocycles. The quantitative estimate of drug-likeness (QED) is 0.503. The molecule has 11 heteroatoms. The molecule has 1 aliphatic carbocycles. The summed E-state index contributed by atoms with van der Waals surface area (Å²) in [5.41, 5.74) is 2.28. The van der Waals surface area contributed by atoms with Gasteiger partial charge in [-0.2, -0.15) is 23.2 Å². The minimum atomic E-state index is -4.73. The summed E-state index contributed by atoms with van der Waals surface area (Å²) in [6.45, 7) is 0.0540. The van der Waals surface area contributed by atoms with Gasteiger partial charge >= 0.3 is 6.18 Å². The normalized spacial score (nSPS) is 15.9. The zero-order valence-corrected chi connectivity index (χ0v) is 18.3. The van der Waals surface area contributed by atoms with Crippen molar-refractivity contribution < 1.29 is 26.0 Å². The molecule has 0 radical (unpaired) electrons. The molecule has 2 aromatic heterocycles. The Morgan fingerprint density at radius 1 is 1.27 bits per heavy atom. The number of hydrogen-bond acceptors (Lipinski definition) is 4. The number of alkyl halides is 4. The highest BCUT2D eigenvalue weighted by molar-refractivity contribution is 7.89. The number of fused-ring (bicyclic) bond motifs is 1. The van der Waals surface area contributed by atoms with Crippen LogP contribution in [0.5, 0.6) is 0 Å². The predicted molar refractivity (Wildman–Crippen MR) is 113 cm³/mol. The molecule has 3 aromatic rings. The lowest BCUT2D eigenvalue weighted by molar-refractivity contribution is -0.147. The van der Waals surface area contributed by atoms with Crippen molar-refractivity contribution in [1.82, 2.24) is 14.3 Å². The number of pyridine rings is 1. The molecule has 1 N–H and O–H groups in total. The van der Waals surface area contributed by atoms with Crippen LogP contribution < -0.4 is 4.72 Å². The maximum absolute atomic E-state index is 13.3. The largest absolute Gasteiger partial charge is 0.404 e. The molecule has 0 spiro atoms. The first-order valence-corrected chi connectivity index (χ1v) is 11.7. The molecular weight excluding hydrogens is 460 g/mol. The first-order valence-electron chi connectivity index (χ1n) is 10.2. The number of hydrogen-bond donors (Lipinski definition) is 1.